The van der Waals surface area contributed by atoms with Gasteiger partial charge in [-0.3, -0.25) is 0 Å². The lowest BCUT2D eigenvalue weighted by atomic mass is 10.1. The zero-order valence-electron chi connectivity index (χ0n) is 10.0. The van der Waals surface area contributed by atoms with Crippen LogP contribution in [-0.4, -0.2) is 6.10 Å². The molecular formula is C13H21NO. The van der Waals surface area contributed by atoms with Crippen molar-refractivity contribution in [1.29, 1.82) is 0 Å². The van der Waals surface area contributed by atoms with Crippen molar-refractivity contribution in [1.82, 2.24) is 0 Å². The van der Waals surface area contributed by atoms with Gasteiger partial charge >= 0.3 is 0 Å². The second kappa shape index (κ2) is 5.17. The summed E-state index contributed by atoms with van der Waals surface area (Å²) in [6, 6.07) is 8.09. The summed E-state index contributed by atoms with van der Waals surface area (Å²) in [5.41, 5.74) is 6.91. The molecule has 15 heavy (non-hydrogen) atoms. The van der Waals surface area contributed by atoms with Gasteiger partial charge in [-0.25, -0.2) is 0 Å². The molecule has 2 atom stereocenters. The topological polar surface area (TPSA) is 35.2 Å². The summed E-state index contributed by atoms with van der Waals surface area (Å²) in [4.78, 5) is 0. The van der Waals surface area contributed by atoms with Gasteiger partial charge in [-0.15, -0.1) is 0 Å². The molecule has 0 bridgehead atoms. The Labute approximate surface area is 92.4 Å². The highest BCUT2D eigenvalue weighted by atomic mass is 16.5. The van der Waals surface area contributed by atoms with Crippen LogP contribution in [-0.2, 0) is 0 Å². The molecular weight excluding hydrogens is 186 g/mol. The first-order chi connectivity index (χ1) is 7.00. The maximum absolute atomic E-state index is 5.77. The number of nitrogens with two attached hydrogens (primary N) is 1. The Hall–Kier alpha value is -1.02. The van der Waals surface area contributed by atoms with Crippen LogP contribution in [0.15, 0.2) is 24.3 Å². The van der Waals surface area contributed by atoms with E-state index in [1.54, 1.807) is 0 Å². The molecule has 0 spiro atoms. The van der Waals surface area contributed by atoms with E-state index < -0.39 is 0 Å². The molecule has 84 valence electrons. The Morgan fingerprint density at radius 2 is 1.53 bits per heavy atom. The SMILES string of the molecule is CC(C)C(C)Oc1ccc([C@H](C)N)cc1. The summed E-state index contributed by atoms with van der Waals surface area (Å²) in [6.07, 6.45) is 0.242. The number of ether oxygens (including phenoxy) is 1. The van der Waals surface area contributed by atoms with Gasteiger partial charge in [0.1, 0.15) is 5.75 Å². The Morgan fingerprint density at radius 1 is 1.00 bits per heavy atom. The van der Waals surface area contributed by atoms with E-state index >= 15 is 0 Å². The van der Waals surface area contributed by atoms with Gasteiger partial charge in [0, 0.05) is 6.04 Å². The zero-order chi connectivity index (χ0) is 11.4. The van der Waals surface area contributed by atoms with Crippen LogP contribution in [0.4, 0.5) is 0 Å². The fourth-order valence-corrected chi connectivity index (χ4v) is 1.20. The molecule has 0 radical (unpaired) electrons. The predicted molar refractivity (Wildman–Crippen MR) is 64.0 cm³/mol. The summed E-state index contributed by atoms with van der Waals surface area (Å²) >= 11 is 0. The summed E-state index contributed by atoms with van der Waals surface area (Å²) in [5.74, 6) is 1.44. The van der Waals surface area contributed by atoms with Crippen LogP contribution in [0.3, 0.4) is 0 Å². The van der Waals surface area contributed by atoms with Gasteiger partial charge in [0.2, 0.25) is 0 Å². The fourth-order valence-electron chi connectivity index (χ4n) is 1.20. The van der Waals surface area contributed by atoms with Gasteiger partial charge in [0.25, 0.3) is 0 Å². The van der Waals surface area contributed by atoms with Crippen molar-refractivity contribution in [3.63, 3.8) is 0 Å². The molecule has 2 N–H and O–H groups in total. The summed E-state index contributed by atoms with van der Waals surface area (Å²) in [6.45, 7) is 8.37. The second-order valence-electron chi connectivity index (χ2n) is 4.42. The lowest BCUT2D eigenvalue weighted by Crippen LogP contribution is -2.18. The highest BCUT2D eigenvalue weighted by Crippen LogP contribution is 2.18. The molecule has 0 saturated carbocycles. The van der Waals surface area contributed by atoms with E-state index in [0.717, 1.165) is 11.3 Å². The smallest absolute Gasteiger partial charge is 0.119 e. The number of hydrogen-bond donors (Lipinski definition) is 1. The van der Waals surface area contributed by atoms with E-state index in [0.29, 0.717) is 5.92 Å². The molecule has 0 aliphatic rings. The molecule has 1 rings (SSSR count). The van der Waals surface area contributed by atoms with Crippen molar-refractivity contribution < 1.29 is 4.74 Å². The van der Waals surface area contributed by atoms with Crippen molar-refractivity contribution >= 4 is 0 Å². The van der Waals surface area contributed by atoms with Crippen LogP contribution in [0.2, 0.25) is 0 Å². The average molecular weight is 207 g/mol. The Morgan fingerprint density at radius 3 is 1.93 bits per heavy atom. The van der Waals surface area contributed by atoms with E-state index in [1.165, 1.54) is 0 Å². The summed E-state index contributed by atoms with van der Waals surface area (Å²) in [5, 5.41) is 0. The van der Waals surface area contributed by atoms with Crippen molar-refractivity contribution in [3.05, 3.63) is 29.8 Å². The van der Waals surface area contributed by atoms with E-state index in [1.807, 2.05) is 31.2 Å². The number of rotatable bonds is 4. The highest BCUT2D eigenvalue weighted by Gasteiger charge is 2.08. The molecule has 0 saturated heterocycles. The van der Waals surface area contributed by atoms with Gasteiger partial charge in [-0.2, -0.15) is 0 Å². The Kier molecular flexibility index (Phi) is 4.15. The van der Waals surface area contributed by atoms with Crippen molar-refractivity contribution in [2.75, 3.05) is 0 Å². The normalized spacial score (nSPS) is 15.1. The minimum atomic E-state index is 0.0848. The third-order valence-electron chi connectivity index (χ3n) is 2.67. The first-order valence-electron chi connectivity index (χ1n) is 5.53. The van der Waals surface area contributed by atoms with Crippen molar-refractivity contribution in [2.45, 2.75) is 39.8 Å². The standard InChI is InChI=1S/C13H21NO/c1-9(2)11(4)15-13-7-5-12(6-8-13)10(3)14/h5-11H,14H2,1-4H3/t10-,11?/m0/s1. The third kappa shape index (κ3) is 3.56. The molecule has 0 heterocycles. The first kappa shape index (κ1) is 12.1. The first-order valence-corrected chi connectivity index (χ1v) is 5.53. The predicted octanol–water partition coefficient (Wildman–Crippen LogP) is 3.13. The van der Waals surface area contributed by atoms with Crippen LogP contribution >= 0.6 is 0 Å². The molecule has 0 aromatic heterocycles. The lowest BCUT2D eigenvalue weighted by molar-refractivity contribution is 0.170. The minimum absolute atomic E-state index is 0.0848. The van der Waals surface area contributed by atoms with E-state index in [4.69, 9.17) is 10.5 Å². The molecule has 0 amide bonds. The molecule has 1 aromatic carbocycles. The third-order valence-corrected chi connectivity index (χ3v) is 2.67. The Balaban J connectivity index is 2.64. The second-order valence-corrected chi connectivity index (χ2v) is 4.42. The summed E-state index contributed by atoms with van der Waals surface area (Å²) < 4.78 is 5.77. The van der Waals surface area contributed by atoms with Gasteiger partial charge < -0.3 is 10.5 Å². The van der Waals surface area contributed by atoms with Crippen LogP contribution < -0.4 is 10.5 Å². The van der Waals surface area contributed by atoms with Gasteiger partial charge in [-0.1, -0.05) is 26.0 Å². The molecule has 0 aliphatic heterocycles. The van der Waals surface area contributed by atoms with E-state index in [9.17, 15) is 0 Å². The maximum atomic E-state index is 5.77. The molecule has 1 aromatic rings. The maximum Gasteiger partial charge on any atom is 0.119 e. The number of benzene rings is 1. The highest BCUT2D eigenvalue weighted by molar-refractivity contribution is 5.28. The van der Waals surface area contributed by atoms with Gasteiger partial charge in [0.15, 0.2) is 0 Å². The van der Waals surface area contributed by atoms with Crippen LogP contribution in [0, 0.1) is 5.92 Å². The molecule has 0 fully saturated rings. The largest absolute Gasteiger partial charge is 0.490 e. The molecule has 1 unspecified atom stereocenters. The molecule has 2 heteroatoms. The molecule has 0 aliphatic carbocycles. The number of hydrogen-bond acceptors (Lipinski definition) is 2. The molecule has 2 nitrogen and oxygen atoms in total. The average Bonchev–Trinajstić information content (AvgIpc) is 2.18. The van der Waals surface area contributed by atoms with Gasteiger partial charge in [-0.05, 0) is 37.5 Å². The van der Waals surface area contributed by atoms with E-state index in [2.05, 4.69) is 20.8 Å². The van der Waals surface area contributed by atoms with Crippen LogP contribution in [0.1, 0.15) is 39.3 Å². The van der Waals surface area contributed by atoms with Gasteiger partial charge in [0.05, 0.1) is 6.10 Å². The summed E-state index contributed by atoms with van der Waals surface area (Å²) in [7, 11) is 0. The van der Waals surface area contributed by atoms with Crippen molar-refractivity contribution in [2.24, 2.45) is 11.7 Å². The van der Waals surface area contributed by atoms with Crippen molar-refractivity contribution in [3.8, 4) is 5.75 Å². The van der Waals surface area contributed by atoms with Crippen LogP contribution in [0.25, 0.3) is 0 Å². The fraction of sp³-hybridized carbons (Fsp3) is 0.538. The monoisotopic (exact) mass is 207 g/mol. The lowest BCUT2D eigenvalue weighted by Gasteiger charge is -2.18. The zero-order valence-corrected chi connectivity index (χ0v) is 10.0. The quantitative estimate of drug-likeness (QED) is 0.823. The minimum Gasteiger partial charge on any atom is -0.490 e. The van der Waals surface area contributed by atoms with E-state index in [-0.39, 0.29) is 12.1 Å². The van der Waals surface area contributed by atoms with Crippen LogP contribution in [0.5, 0.6) is 5.75 Å². The Bertz CT molecular complexity index is 290.